The highest BCUT2D eigenvalue weighted by Crippen LogP contribution is 2.14. The number of nitrogens with one attached hydrogen (secondary N) is 2. The van der Waals surface area contributed by atoms with Gasteiger partial charge in [-0.1, -0.05) is 6.92 Å². The van der Waals surface area contributed by atoms with Crippen molar-refractivity contribution in [3.63, 3.8) is 0 Å². The minimum atomic E-state index is -0.977. The first-order valence-corrected chi connectivity index (χ1v) is 7.16. The molecular formula is C15H22F2N2O3. The zero-order chi connectivity index (χ0) is 16.5. The van der Waals surface area contributed by atoms with Gasteiger partial charge in [-0.3, -0.25) is 0 Å². The summed E-state index contributed by atoms with van der Waals surface area (Å²) in [5, 5.41) is 14.5. The van der Waals surface area contributed by atoms with Gasteiger partial charge in [0, 0.05) is 12.6 Å². The molecule has 0 spiro atoms. The molecule has 5 nitrogen and oxygen atoms in total. The van der Waals surface area contributed by atoms with E-state index in [4.69, 9.17) is 4.74 Å². The van der Waals surface area contributed by atoms with Crippen LogP contribution in [0.3, 0.4) is 0 Å². The molecule has 2 amide bonds. The van der Waals surface area contributed by atoms with Gasteiger partial charge in [0.05, 0.1) is 12.6 Å². The molecule has 3 N–H and O–H groups in total. The molecule has 22 heavy (non-hydrogen) atoms. The fraction of sp³-hybridized carbons (Fsp3) is 0.533. The van der Waals surface area contributed by atoms with Crippen LogP contribution in [0.15, 0.2) is 18.2 Å². The van der Waals surface area contributed by atoms with E-state index in [0.29, 0.717) is 13.0 Å². The number of carbonyl (C=O) groups is 1. The van der Waals surface area contributed by atoms with Gasteiger partial charge in [-0.25, -0.2) is 13.6 Å². The molecule has 124 valence electrons. The first-order chi connectivity index (χ1) is 10.4. The molecule has 0 aliphatic carbocycles. The van der Waals surface area contributed by atoms with Gasteiger partial charge in [0.2, 0.25) is 0 Å². The van der Waals surface area contributed by atoms with Gasteiger partial charge >= 0.3 is 6.03 Å². The van der Waals surface area contributed by atoms with Crippen LogP contribution in [0, 0.1) is 17.6 Å². The van der Waals surface area contributed by atoms with Crippen molar-refractivity contribution in [2.45, 2.75) is 26.4 Å². The first-order valence-electron chi connectivity index (χ1n) is 7.16. The van der Waals surface area contributed by atoms with E-state index in [0.717, 1.165) is 12.1 Å². The maximum absolute atomic E-state index is 12.9. The topological polar surface area (TPSA) is 70.6 Å². The monoisotopic (exact) mass is 316 g/mol. The third kappa shape index (κ3) is 7.21. The molecular weight excluding hydrogens is 294 g/mol. The normalized spacial score (nSPS) is 13.3. The van der Waals surface area contributed by atoms with Crippen LogP contribution >= 0.6 is 0 Å². The zero-order valence-corrected chi connectivity index (χ0v) is 12.7. The minimum absolute atomic E-state index is 0.141. The Balaban J connectivity index is 2.16. The van der Waals surface area contributed by atoms with Crippen LogP contribution in [-0.4, -0.2) is 36.9 Å². The minimum Gasteiger partial charge on any atom is -0.492 e. The van der Waals surface area contributed by atoms with Crippen LogP contribution in [0.1, 0.15) is 20.3 Å². The number of aliphatic hydroxyl groups is 1. The predicted octanol–water partition coefficient (Wildman–Crippen LogP) is 2.05. The second-order valence-electron chi connectivity index (χ2n) is 5.25. The van der Waals surface area contributed by atoms with Crippen molar-refractivity contribution in [2.75, 3.05) is 19.7 Å². The van der Waals surface area contributed by atoms with Crippen LogP contribution in [0.2, 0.25) is 0 Å². The summed E-state index contributed by atoms with van der Waals surface area (Å²) in [6, 6.07) is 2.91. The average Bonchev–Trinajstić information content (AvgIpc) is 2.44. The Labute approximate surface area is 128 Å². The number of hydrogen-bond donors (Lipinski definition) is 3. The van der Waals surface area contributed by atoms with Crippen molar-refractivity contribution in [3.8, 4) is 5.75 Å². The van der Waals surface area contributed by atoms with Crippen molar-refractivity contribution in [1.29, 1.82) is 0 Å². The molecule has 1 aromatic carbocycles. The Bertz CT molecular complexity index is 484. The number of amides is 2. The molecule has 0 fully saturated rings. The van der Waals surface area contributed by atoms with Crippen LogP contribution in [-0.2, 0) is 0 Å². The van der Waals surface area contributed by atoms with E-state index in [9.17, 15) is 18.7 Å². The largest absolute Gasteiger partial charge is 0.492 e. The number of hydrogen-bond acceptors (Lipinski definition) is 3. The van der Waals surface area contributed by atoms with Gasteiger partial charge in [-0.05, 0) is 31.4 Å². The van der Waals surface area contributed by atoms with Gasteiger partial charge in [-0.15, -0.1) is 0 Å². The van der Waals surface area contributed by atoms with Crippen molar-refractivity contribution in [3.05, 3.63) is 29.8 Å². The Kier molecular flexibility index (Phi) is 7.59. The molecule has 0 aliphatic heterocycles. The summed E-state index contributed by atoms with van der Waals surface area (Å²) in [6.45, 7) is 4.46. The van der Waals surface area contributed by atoms with Crippen molar-refractivity contribution >= 4 is 6.03 Å². The molecule has 1 rings (SSSR count). The summed E-state index contributed by atoms with van der Waals surface area (Å²) in [5.74, 6) is -1.54. The number of aliphatic hydroxyl groups excluding tert-OH is 1. The number of halogens is 2. The highest BCUT2D eigenvalue weighted by atomic mass is 19.2. The molecule has 7 heteroatoms. The fourth-order valence-corrected chi connectivity index (χ4v) is 1.90. The number of carbonyl (C=O) groups excluding carboxylic acids is 1. The highest BCUT2D eigenvalue weighted by Gasteiger charge is 2.08. The van der Waals surface area contributed by atoms with Crippen LogP contribution < -0.4 is 15.4 Å². The smallest absolute Gasteiger partial charge is 0.314 e. The lowest BCUT2D eigenvalue weighted by atomic mass is 10.1. The van der Waals surface area contributed by atoms with E-state index >= 15 is 0 Å². The van der Waals surface area contributed by atoms with Gasteiger partial charge in [0.25, 0.3) is 0 Å². The van der Waals surface area contributed by atoms with Crippen molar-refractivity contribution in [2.24, 2.45) is 5.92 Å². The summed E-state index contributed by atoms with van der Waals surface area (Å²) < 4.78 is 30.8. The van der Waals surface area contributed by atoms with E-state index in [2.05, 4.69) is 10.6 Å². The molecule has 0 bridgehead atoms. The molecule has 0 radical (unpaired) electrons. The molecule has 0 heterocycles. The number of urea groups is 1. The molecule has 1 aromatic rings. The maximum atomic E-state index is 12.9. The van der Waals surface area contributed by atoms with Crippen LogP contribution in [0.4, 0.5) is 13.6 Å². The molecule has 0 aromatic heterocycles. The second-order valence-corrected chi connectivity index (χ2v) is 5.25. The molecule has 0 aliphatic rings. The molecule has 2 atom stereocenters. The SMILES string of the molecule is CC(O)CC(C)CNC(=O)NCCOc1ccc(F)c(F)c1. The summed E-state index contributed by atoms with van der Waals surface area (Å²) in [4.78, 5) is 11.5. The Morgan fingerprint density at radius 3 is 2.64 bits per heavy atom. The summed E-state index contributed by atoms with van der Waals surface area (Å²) >= 11 is 0. The van der Waals surface area contributed by atoms with Crippen LogP contribution in [0.25, 0.3) is 0 Å². The lowest BCUT2D eigenvalue weighted by molar-refractivity contribution is 0.163. The second kappa shape index (κ2) is 9.19. The standard InChI is InChI=1S/C15H22F2N2O3/c1-10(7-11(2)20)9-19-15(21)18-5-6-22-12-3-4-13(16)14(17)8-12/h3-4,8,10-11,20H,5-7,9H2,1-2H3,(H2,18,19,21). The summed E-state index contributed by atoms with van der Waals surface area (Å²) in [5.41, 5.74) is 0. The Hall–Kier alpha value is -1.89. The third-order valence-electron chi connectivity index (χ3n) is 2.90. The Morgan fingerprint density at radius 1 is 1.27 bits per heavy atom. The Morgan fingerprint density at radius 2 is 2.00 bits per heavy atom. The van der Waals surface area contributed by atoms with E-state index in [-0.39, 0.29) is 30.9 Å². The number of benzene rings is 1. The number of rotatable bonds is 8. The fourth-order valence-electron chi connectivity index (χ4n) is 1.90. The van der Waals surface area contributed by atoms with Gasteiger partial charge in [0.1, 0.15) is 12.4 Å². The van der Waals surface area contributed by atoms with E-state index < -0.39 is 17.7 Å². The molecule has 0 saturated carbocycles. The molecule has 0 saturated heterocycles. The predicted molar refractivity (Wildman–Crippen MR) is 78.7 cm³/mol. The van der Waals surface area contributed by atoms with E-state index in [1.165, 1.54) is 6.07 Å². The van der Waals surface area contributed by atoms with Crippen molar-refractivity contribution < 1.29 is 23.4 Å². The zero-order valence-electron chi connectivity index (χ0n) is 12.7. The van der Waals surface area contributed by atoms with Gasteiger partial charge in [0.15, 0.2) is 11.6 Å². The van der Waals surface area contributed by atoms with Gasteiger partial charge in [-0.2, -0.15) is 0 Å². The van der Waals surface area contributed by atoms with Crippen LogP contribution in [0.5, 0.6) is 5.75 Å². The first kappa shape index (κ1) is 18.2. The molecule has 2 unspecified atom stereocenters. The van der Waals surface area contributed by atoms with Gasteiger partial charge < -0.3 is 20.5 Å². The quantitative estimate of drug-likeness (QED) is 0.643. The maximum Gasteiger partial charge on any atom is 0.314 e. The van der Waals surface area contributed by atoms with Crippen molar-refractivity contribution in [1.82, 2.24) is 10.6 Å². The van der Waals surface area contributed by atoms with E-state index in [1.54, 1.807) is 6.92 Å². The highest BCUT2D eigenvalue weighted by molar-refractivity contribution is 5.73. The summed E-state index contributed by atoms with van der Waals surface area (Å²) in [7, 11) is 0. The lowest BCUT2D eigenvalue weighted by Crippen LogP contribution is -2.39. The van der Waals surface area contributed by atoms with E-state index in [1.807, 2.05) is 6.92 Å². The third-order valence-corrected chi connectivity index (χ3v) is 2.90. The summed E-state index contributed by atoms with van der Waals surface area (Å²) in [6.07, 6.45) is 0.212. The average molecular weight is 316 g/mol. The lowest BCUT2D eigenvalue weighted by Gasteiger charge is -2.14. The number of ether oxygens (including phenoxy) is 1.